The van der Waals surface area contributed by atoms with E-state index in [1.54, 1.807) is 6.20 Å². The molecule has 1 atom stereocenters. The first kappa shape index (κ1) is 20.5. The average Bonchev–Trinajstić information content (AvgIpc) is 3.15. The van der Waals surface area contributed by atoms with Crippen LogP contribution in [0.15, 0.2) is 48.7 Å². The normalized spacial score (nSPS) is 11.6. The van der Waals surface area contributed by atoms with Crippen LogP contribution in [0.2, 0.25) is 0 Å². The topological polar surface area (TPSA) is 157 Å². The van der Waals surface area contributed by atoms with Crippen molar-refractivity contribution in [2.75, 3.05) is 7.11 Å². The van der Waals surface area contributed by atoms with Gasteiger partial charge >= 0.3 is 5.97 Å². The number of ether oxygens (including phenoxy) is 1. The predicted octanol–water partition coefficient (Wildman–Crippen LogP) is 2.50. The number of H-pyrrole nitrogens is 1. The van der Waals surface area contributed by atoms with E-state index in [2.05, 4.69) is 10.3 Å². The van der Waals surface area contributed by atoms with Crippen LogP contribution in [0.4, 0.5) is 11.4 Å². The number of hydrogen-bond donors (Lipinski definition) is 2. The summed E-state index contributed by atoms with van der Waals surface area (Å²) in [6, 6.07) is 8.82. The molecular weight excluding hydrogens is 396 g/mol. The second kappa shape index (κ2) is 8.39. The number of carbonyl (C=O) groups excluding carboxylic acids is 2. The highest BCUT2D eigenvalue weighted by atomic mass is 16.6. The maximum Gasteiger partial charge on any atom is 0.328 e. The summed E-state index contributed by atoms with van der Waals surface area (Å²) in [7, 11) is 1.16. The molecule has 0 radical (unpaired) electrons. The number of amides is 1. The third-order valence-electron chi connectivity index (χ3n) is 4.48. The first-order valence-corrected chi connectivity index (χ1v) is 8.67. The summed E-state index contributed by atoms with van der Waals surface area (Å²) in [6.07, 6.45) is 1.78. The van der Waals surface area contributed by atoms with Crippen LogP contribution < -0.4 is 5.32 Å². The minimum Gasteiger partial charge on any atom is -0.467 e. The largest absolute Gasteiger partial charge is 0.467 e. The minimum atomic E-state index is -1.11. The number of benzene rings is 2. The van der Waals surface area contributed by atoms with Gasteiger partial charge in [-0.15, -0.1) is 0 Å². The van der Waals surface area contributed by atoms with Crippen molar-refractivity contribution >= 4 is 34.2 Å². The van der Waals surface area contributed by atoms with Crippen molar-refractivity contribution in [3.8, 4) is 0 Å². The van der Waals surface area contributed by atoms with E-state index >= 15 is 0 Å². The molecule has 2 N–H and O–H groups in total. The van der Waals surface area contributed by atoms with Gasteiger partial charge < -0.3 is 15.0 Å². The van der Waals surface area contributed by atoms with Crippen molar-refractivity contribution in [3.63, 3.8) is 0 Å². The fourth-order valence-corrected chi connectivity index (χ4v) is 3.03. The van der Waals surface area contributed by atoms with Gasteiger partial charge in [-0.3, -0.25) is 25.0 Å². The van der Waals surface area contributed by atoms with Crippen LogP contribution in [-0.4, -0.2) is 39.9 Å². The number of esters is 1. The zero-order valence-electron chi connectivity index (χ0n) is 15.7. The van der Waals surface area contributed by atoms with Crippen molar-refractivity contribution in [2.24, 2.45) is 0 Å². The molecule has 0 fully saturated rings. The molecule has 11 heteroatoms. The number of nitrogens with one attached hydrogen (secondary N) is 2. The van der Waals surface area contributed by atoms with Gasteiger partial charge in [0.25, 0.3) is 17.3 Å². The number of carbonyl (C=O) groups is 2. The second-order valence-corrected chi connectivity index (χ2v) is 6.37. The van der Waals surface area contributed by atoms with E-state index in [9.17, 15) is 29.8 Å². The molecule has 1 heterocycles. The Balaban J connectivity index is 1.90. The molecule has 0 aliphatic rings. The quantitative estimate of drug-likeness (QED) is 0.343. The van der Waals surface area contributed by atoms with Gasteiger partial charge in [-0.25, -0.2) is 4.79 Å². The van der Waals surface area contributed by atoms with Crippen LogP contribution in [0.25, 0.3) is 10.9 Å². The SMILES string of the molecule is COC(=O)[C@@H](Cc1c[nH]c2ccccc12)NC(=O)c1cc([N+](=O)[O-])cc([N+](=O)[O-])c1. The van der Waals surface area contributed by atoms with Crippen LogP contribution >= 0.6 is 0 Å². The molecule has 30 heavy (non-hydrogen) atoms. The first-order valence-electron chi connectivity index (χ1n) is 8.67. The lowest BCUT2D eigenvalue weighted by Crippen LogP contribution is -2.43. The van der Waals surface area contributed by atoms with Gasteiger partial charge in [0.15, 0.2) is 0 Å². The molecule has 0 aliphatic carbocycles. The maximum atomic E-state index is 12.6. The fourth-order valence-electron chi connectivity index (χ4n) is 3.03. The van der Waals surface area contributed by atoms with Gasteiger partial charge in [-0.2, -0.15) is 0 Å². The summed E-state index contributed by atoms with van der Waals surface area (Å²) < 4.78 is 4.75. The monoisotopic (exact) mass is 412 g/mol. The Hall–Kier alpha value is -4.28. The summed E-state index contributed by atoms with van der Waals surface area (Å²) in [4.78, 5) is 48.3. The Morgan fingerprint density at radius 3 is 2.33 bits per heavy atom. The molecule has 2 aromatic carbocycles. The number of hydrogen-bond acceptors (Lipinski definition) is 7. The third-order valence-corrected chi connectivity index (χ3v) is 4.48. The third kappa shape index (κ3) is 4.24. The van der Waals surface area contributed by atoms with Gasteiger partial charge in [-0.05, 0) is 11.6 Å². The molecular formula is C19H16N4O7. The van der Waals surface area contributed by atoms with Crippen molar-refractivity contribution in [3.05, 3.63) is 80.0 Å². The summed E-state index contributed by atoms with van der Waals surface area (Å²) in [5, 5.41) is 25.4. The Bertz CT molecular complexity index is 1120. The molecule has 154 valence electrons. The van der Waals surface area contributed by atoms with E-state index in [1.807, 2.05) is 24.3 Å². The molecule has 0 saturated carbocycles. The van der Waals surface area contributed by atoms with Crippen LogP contribution in [0.3, 0.4) is 0 Å². The average molecular weight is 412 g/mol. The smallest absolute Gasteiger partial charge is 0.328 e. The van der Waals surface area contributed by atoms with Crippen molar-refractivity contribution in [1.29, 1.82) is 0 Å². The molecule has 11 nitrogen and oxygen atoms in total. The number of aromatic amines is 1. The summed E-state index contributed by atoms with van der Waals surface area (Å²) in [5.74, 6) is -1.61. The minimum absolute atomic E-state index is 0.0828. The summed E-state index contributed by atoms with van der Waals surface area (Å²) >= 11 is 0. The molecule has 0 bridgehead atoms. The van der Waals surface area contributed by atoms with Gasteiger partial charge in [0.05, 0.1) is 28.6 Å². The molecule has 0 saturated heterocycles. The summed E-state index contributed by atoms with van der Waals surface area (Å²) in [6.45, 7) is 0. The van der Waals surface area contributed by atoms with Crippen LogP contribution in [0.5, 0.6) is 0 Å². The van der Waals surface area contributed by atoms with E-state index in [1.165, 1.54) is 0 Å². The predicted molar refractivity (Wildman–Crippen MR) is 105 cm³/mol. The van der Waals surface area contributed by atoms with Crippen LogP contribution in [-0.2, 0) is 16.0 Å². The lowest BCUT2D eigenvalue weighted by molar-refractivity contribution is -0.394. The maximum absolute atomic E-state index is 12.6. The highest BCUT2D eigenvalue weighted by Crippen LogP contribution is 2.23. The lowest BCUT2D eigenvalue weighted by Gasteiger charge is -2.16. The Labute approximate surface area is 168 Å². The van der Waals surface area contributed by atoms with Gasteiger partial charge in [-0.1, -0.05) is 18.2 Å². The van der Waals surface area contributed by atoms with Gasteiger partial charge in [0.2, 0.25) is 0 Å². The number of aromatic nitrogens is 1. The fraction of sp³-hybridized carbons (Fsp3) is 0.158. The number of nitro groups is 2. The van der Waals surface area contributed by atoms with E-state index in [0.29, 0.717) is 0 Å². The first-order chi connectivity index (χ1) is 14.3. The van der Waals surface area contributed by atoms with E-state index in [-0.39, 0.29) is 12.0 Å². The van der Waals surface area contributed by atoms with Crippen LogP contribution in [0.1, 0.15) is 15.9 Å². The molecule has 3 aromatic rings. The van der Waals surface area contributed by atoms with Crippen molar-refractivity contribution in [2.45, 2.75) is 12.5 Å². The second-order valence-electron chi connectivity index (χ2n) is 6.37. The summed E-state index contributed by atoms with van der Waals surface area (Å²) in [5.41, 5.74) is 0.0491. The number of fused-ring (bicyclic) bond motifs is 1. The van der Waals surface area contributed by atoms with E-state index < -0.39 is 39.1 Å². The Morgan fingerprint density at radius 1 is 1.10 bits per heavy atom. The molecule has 1 amide bonds. The molecule has 0 aliphatic heterocycles. The molecule has 0 spiro atoms. The number of nitrogens with zero attached hydrogens (tertiary/aromatic N) is 2. The number of non-ortho nitro benzene ring substituents is 2. The number of methoxy groups -OCH3 is 1. The van der Waals surface area contributed by atoms with Gasteiger partial charge in [0, 0.05) is 35.7 Å². The van der Waals surface area contributed by atoms with E-state index in [4.69, 9.17) is 4.74 Å². The van der Waals surface area contributed by atoms with Crippen molar-refractivity contribution in [1.82, 2.24) is 10.3 Å². The van der Waals surface area contributed by atoms with Gasteiger partial charge in [0.1, 0.15) is 6.04 Å². The zero-order valence-corrected chi connectivity index (χ0v) is 15.7. The molecule has 0 unspecified atom stereocenters. The van der Waals surface area contributed by atoms with Crippen LogP contribution in [0, 0.1) is 20.2 Å². The Kier molecular flexibility index (Phi) is 5.72. The number of para-hydroxylation sites is 1. The highest BCUT2D eigenvalue weighted by molar-refractivity contribution is 5.98. The number of rotatable bonds is 7. The standard InChI is InChI=1S/C19H16N4O7/c1-30-19(25)17(8-12-10-20-16-5-3-2-4-15(12)16)21-18(24)11-6-13(22(26)27)9-14(7-11)23(28)29/h2-7,9-10,17,20H,8H2,1H3,(H,21,24)/t17-/m1/s1. The molecule has 1 aromatic heterocycles. The van der Waals surface area contributed by atoms with E-state index in [0.717, 1.165) is 41.8 Å². The highest BCUT2D eigenvalue weighted by Gasteiger charge is 2.26. The lowest BCUT2D eigenvalue weighted by atomic mass is 10.0. The van der Waals surface area contributed by atoms with Crippen molar-refractivity contribution < 1.29 is 24.2 Å². The molecule has 3 rings (SSSR count). The Morgan fingerprint density at radius 2 is 1.73 bits per heavy atom. The zero-order chi connectivity index (χ0) is 21.8. The number of nitro benzene ring substituents is 2.